The average molecular weight is 277 g/mol. The molecular weight excluding hydrogens is 263 g/mol. The zero-order chi connectivity index (χ0) is 11.4. The van der Waals surface area contributed by atoms with Crippen LogP contribution in [-0.4, -0.2) is 22.1 Å². The van der Waals surface area contributed by atoms with Gasteiger partial charge < -0.3 is 0 Å². The quantitative estimate of drug-likeness (QED) is 0.775. The molecule has 2 heteroatoms. The normalized spacial score (nSPS) is 10.1. The van der Waals surface area contributed by atoms with Crippen molar-refractivity contribution >= 4 is 23.9 Å². The van der Waals surface area contributed by atoms with Crippen molar-refractivity contribution in [2.24, 2.45) is 0 Å². The van der Waals surface area contributed by atoms with Gasteiger partial charge in [-0.3, -0.25) is 0 Å². The van der Waals surface area contributed by atoms with Crippen LogP contribution < -0.4 is 13.7 Å². The summed E-state index contributed by atoms with van der Waals surface area (Å²) in [5.41, 5.74) is 1.37. The van der Waals surface area contributed by atoms with E-state index in [9.17, 15) is 0 Å². The summed E-state index contributed by atoms with van der Waals surface area (Å²) in [6.45, 7) is 2.17. The monoisotopic (exact) mass is 278 g/mol. The summed E-state index contributed by atoms with van der Waals surface area (Å²) >= 11 is 0.387. The van der Waals surface area contributed by atoms with Crippen molar-refractivity contribution < 1.29 is 4.74 Å². The summed E-state index contributed by atoms with van der Waals surface area (Å²) in [5, 5.41) is 0. The van der Waals surface area contributed by atoms with Crippen molar-refractivity contribution in [1.82, 2.24) is 0 Å². The molecule has 0 aliphatic rings. The van der Waals surface area contributed by atoms with Crippen molar-refractivity contribution in [2.45, 2.75) is 6.92 Å². The summed E-state index contributed by atoms with van der Waals surface area (Å²) in [7, 11) is 1.70. The molecule has 82 valence electrons. The number of ether oxygens (including phenoxy) is 1. The maximum atomic E-state index is 5.15. The number of benzene rings is 2. The van der Waals surface area contributed by atoms with Crippen LogP contribution in [-0.2, 0) is 0 Å². The molecule has 0 aromatic heterocycles. The Morgan fingerprint density at radius 2 is 1.62 bits per heavy atom. The zero-order valence-electron chi connectivity index (χ0n) is 9.44. The van der Waals surface area contributed by atoms with Crippen LogP contribution in [0, 0.1) is 6.92 Å². The van der Waals surface area contributed by atoms with E-state index in [1.165, 1.54) is 14.5 Å². The average Bonchev–Trinajstić information content (AvgIpc) is 2.33. The molecule has 0 unspecified atom stereocenters. The molecule has 2 aromatic rings. The van der Waals surface area contributed by atoms with Crippen molar-refractivity contribution in [1.29, 1.82) is 0 Å². The first-order chi connectivity index (χ1) is 7.79. The molecule has 0 atom stereocenters. The molecule has 1 nitrogen and oxygen atoms in total. The number of aryl methyl sites for hydroxylation is 1. The van der Waals surface area contributed by atoms with Gasteiger partial charge in [0.25, 0.3) is 0 Å². The molecule has 0 aliphatic carbocycles. The van der Waals surface area contributed by atoms with E-state index in [1.54, 1.807) is 7.11 Å². The predicted molar refractivity (Wildman–Crippen MR) is 69.2 cm³/mol. The van der Waals surface area contributed by atoms with Gasteiger partial charge in [-0.25, -0.2) is 0 Å². The molecule has 0 spiro atoms. The van der Waals surface area contributed by atoms with E-state index >= 15 is 0 Å². The van der Waals surface area contributed by atoms with E-state index in [1.807, 2.05) is 12.1 Å². The molecule has 0 saturated heterocycles. The molecule has 2 aromatic carbocycles. The first kappa shape index (κ1) is 11.3. The Kier molecular flexibility index (Phi) is 3.66. The van der Waals surface area contributed by atoms with Gasteiger partial charge in [0.2, 0.25) is 0 Å². The van der Waals surface area contributed by atoms with Gasteiger partial charge in [0.15, 0.2) is 0 Å². The third kappa shape index (κ3) is 2.66. The molecule has 0 bridgehead atoms. The number of rotatable bonds is 3. The fourth-order valence-corrected chi connectivity index (χ4v) is 3.33. The summed E-state index contributed by atoms with van der Waals surface area (Å²) < 4.78 is 7.97. The van der Waals surface area contributed by atoms with Crippen LogP contribution in [0.15, 0.2) is 48.5 Å². The second kappa shape index (κ2) is 5.20. The first-order valence-electron chi connectivity index (χ1n) is 5.17. The van der Waals surface area contributed by atoms with Crippen LogP contribution in [0.5, 0.6) is 5.75 Å². The van der Waals surface area contributed by atoms with Gasteiger partial charge in [-0.2, -0.15) is 0 Å². The minimum absolute atomic E-state index is 0.387. The molecule has 0 N–H and O–H groups in total. The molecule has 0 fully saturated rings. The van der Waals surface area contributed by atoms with Crippen LogP contribution in [0.25, 0.3) is 0 Å². The fourth-order valence-electron chi connectivity index (χ4n) is 1.44. The maximum absolute atomic E-state index is 5.15. The summed E-state index contributed by atoms with van der Waals surface area (Å²) in [4.78, 5) is 0. The van der Waals surface area contributed by atoms with E-state index in [0.717, 1.165) is 5.75 Å². The van der Waals surface area contributed by atoms with E-state index < -0.39 is 0 Å². The Balaban J connectivity index is 2.18. The number of methoxy groups -OCH3 is 1. The summed E-state index contributed by atoms with van der Waals surface area (Å²) in [6, 6.07) is 16.9. The van der Waals surface area contributed by atoms with Crippen LogP contribution in [0.2, 0.25) is 0 Å². The second-order valence-corrected chi connectivity index (χ2v) is 5.88. The molecule has 0 amide bonds. The van der Waals surface area contributed by atoms with Gasteiger partial charge in [-0.05, 0) is 0 Å². The van der Waals surface area contributed by atoms with Crippen molar-refractivity contribution in [2.75, 3.05) is 7.11 Å². The van der Waals surface area contributed by atoms with Gasteiger partial charge in [0.05, 0.1) is 0 Å². The van der Waals surface area contributed by atoms with E-state index in [-0.39, 0.29) is 0 Å². The topological polar surface area (TPSA) is 9.23 Å². The van der Waals surface area contributed by atoms with Crippen molar-refractivity contribution in [3.05, 3.63) is 54.1 Å². The van der Waals surface area contributed by atoms with Gasteiger partial charge in [0, 0.05) is 0 Å². The second-order valence-electron chi connectivity index (χ2n) is 3.54. The van der Waals surface area contributed by atoms with Crippen molar-refractivity contribution in [3.63, 3.8) is 0 Å². The van der Waals surface area contributed by atoms with E-state index in [0.29, 0.717) is 15.0 Å². The Morgan fingerprint density at radius 1 is 0.938 bits per heavy atom. The van der Waals surface area contributed by atoms with Crippen molar-refractivity contribution in [3.8, 4) is 5.75 Å². The third-order valence-electron chi connectivity index (χ3n) is 2.38. The fraction of sp³-hybridized carbons (Fsp3) is 0.143. The summed E-state index contributed by atoms with van der Waals surface area (Å²) in [5.74, 6) is 0.921. The van der Waals surface area contributed by atoms with Gasteiger partial charge in [-0.1, -0.05) is 0 Å². The van der Waals surface area contributed by atoms with E-state index in [2.05, 4.69) is 43.3 Å². The molecule has 0 radical (unpaired) electrons. The van der Waals surface area contributed by atoms with Crippen LogP contribution in [0.1, 0.15) is 5.56 Å². The van der Waals surface area contributed by atoms with Crippen LogP contribution in [0.3, 0.4) is 0 Å². The molecule has 2 rings (SSSR count). The Bertz CT molecular complexity index is 462. The molecule has 0 heterocycles. The molecular formula is C14H14OSe. The van der Waals surface area contributed by atoms with Crippen LogP contribution in [0.4, 0.5) is 0 Å². The van der Waals surface area contributed by atoms with Crippen LogP contribution >= 0.6 is 0 Å². The number of hydrogen-bond donors (Lipinski definition) is 0. The molecule has 16 heavy (non-hydrogen) atoms. The Morgan fingerprint density at radius 3 is 2.25 bits per heavy atom. The number of hydrogen-bond acceptors (Lipinski definition) is 1. The molecule has 0 aliphatic heterocycles. The third-order valence-corrected chi connectivity index (χ3v) is 4.87. The van der Waals surface area contributed by atoms with Gasteiger partial charge >= 0.3 is 102 Å². The first-order valence-corrected chi connectivity index (χ1v) is 6.88. The van der Waals surface area contributed by atoms with E-state index in [4.69, 9.17) is 4.74 Å². The Labute approximate surface area is 103 Å². The molecule has 0 saturated carbocycles. The SMILES string of the molecule is COc1ccc([Se]c2ccccc2C)cc1. The van der Waals surface area contributed by atoms with Gasteiger partial charge in [0.1, 0.15) is 0 Å². The standard InChI is InChI=1S/C14H14OSe/c1-11-5-3-4-6-14(11)16-13-9-7-12(15-2)8-10-13/h3-10H,1-2H3. The predicted octanol–water partition coefficient (Wildman–Crippen LogP) is 1.66. The zero-order valence-corrected chi connectivity index (χ0v) is 11.1. The Hall–Kier alpha value is -1.24. The summed E-state index contributed by atoms with van der Waals surface area (Å²) in [6.07, 6.45) is 0. The minimum atomic E-state index is 0.387. The van der Waals surface area contributed by atoms with Gasteiger partial charge in [-0.15, -0.1) is 0 Å².